The Hall–Kier alpha value is -0.740. The van der Waals surface area contributed by atoms with Gasteiger partial charge in [0.15, 0.2) is 11.5 Å². The molecule has 0 amide bonds. The molecular weight excluding hydrogens is 294 g/mol. The molecule has 0 aromatic heterocycles. The number of benzene rings is 1. The third-order valence-corrected chi connectivity index (χ3v) is 4.84. The van der Waals surface area contributed by atoms with Gasteiger partial charge in [-0.15, -0.1) is 0 Å². The van der Waals surface area contributed by atoms with Crippen LogP contribution in [0.5, 0.6) is 11.5 Å². The lowest BCUT2D eigenvalue weighted by atomic mass is 9.85. The van der Waals surface area contributed by atoms with Crippen LogP contribution in [0, 0.1) is 0 Å². The molecule has 3 nitrogen and oxygen atoms in total. The molecule has 1 aromatic carbocycles. The third kappa shape index (κ3) is 1.58. The fraction of sp³-hybridized carbons (Fsp3) is 0.571. The summed E-state index contributed by atoms with van der Waals surface area (Å²) in [6, 6.07) is 2.36. The van der Waals surface area contributed by atoms with Gasteiger partial charge in [0, 0.05) is 17.0 Å². The standard InChI is InChI=1S/C14H18BrNO2/c1-3-9-10(14(4-5-14)8(2)16)6-11(15)13-12(9)17-7-18-13/h6,8H,3-5,7,16H2,1-2H3. The van der Waals surface area contributed by atoms with Crippen LogP contribution in [0.25, 0.3) is 0 Å². The molecule has 1 aromatic rings. The summed E-state index contributed by atoms with van der Waals surface area (Å²) in [5, 5.41) is 0. The number of fused-ring (bicyclic) bond motifs is 1. The molecule has 1 atom stereocenters. The van der Waals surface area contributed by atoms with E-state index in [1.807, 2.05) is 0 Å². The summed E-state index contributed by atoms with van der Waals surface area (Å²) in [6.07, 6.45) is 3.29. The van der Waals surface area contributed by atoms with Gasteiger partial charge < -0.3 is 15.2 Å². The van der Waals surface area contributed by atoms with Crippen molar-refractivity contribution in [2.45, 2.75) is 44.6 Å². The number of hydrogen-bond donors (Lipinski definition) is 1. The predicted octanol–water partition coefficient (Wildman–Crippen LogP) is 3.12. The Bertz CT molecular complexity index is 495. The number of rotatable bonds is 3. The van der Waals surface area contributed by atoms with Gasteiger partial charge in [-0.25, -0.2) is 0 Å². The fourth-order valence-corrected chi connectivity index (χ4v) is 3.50. The van der Waals surface area contributed by atoms with E-state index in [0.717, 1.165) is 22.4 Å². The molecule has 1 aliphatic heterocycles. The quantitative estimate of drug-likeness (QED) is 0.932. The van der Waals surface area contributed by atoms with E-state index in [9.17, 15) is 0 Å². The number of ether oxygens (including phenoxy) is 2. The van der Waals surface area contributed by atoms with Crippen LogP contribution in [0.2, 0.25) is 0 Å². The average molecular weight is 312 g/mol. The molecule has 18 heavy (non-hydrogen) atoms. The molecule has 4 heteroatoms. The molecule has 1 aliphatic carbocycles. The molecule has 0 spiro atoms. The van der Waals surface area contributed by atoms with Crippen LogP contribution < -0.4 is 15.2 Å². The summed E-state index contributed by atoms with van der Waals surface area (Å²) in [4.78, 5) is 0. The van der Waals surface area contributed by atoms with E-state index in [0.29, 0.717) is 6.79 Å². The van der Waals surface area contributed by atoms with Gasteiger partial charge in [-0.3, -0.25) is 0 Å². The summed E-state index contributed by atoms with van der Waals surface area (Å²) in [7, 11) is 0. The molecule has 1 heterocycles. The molecule has 0 saturated heterocycles. The lowest BCUT2D eigenvalue weighted by molar-refractivity contribution is 0.172. The predicted molar refractivity (Wildman–Crippen MR) is 74.2 cm³/mol. The Morgan fingerprint density at radius 2 is 2.06 bits per heavy atom. The Balaban J connectivity index is 2.19. The largest absolute Gasteiger partial charge is 0.453 e. The van der Waals surface area contributed by atoms with E-state index in [1.165, 1.54) is 24.0 Å². The van der Waals surface area contributed by atoms with Gasteiger partial charge in [0.2, 0.25) is 6.79 Å². The molecular formula is C14H18BrNO2. The maximum absolute atomic E-state index is 6.20. The van der Waals surface area contributed by atoms with E-state index in [4.69, 9.17) is 15.2 Å². The second-order valence-electron chi connectivity index (χ2n) is 5.25. The highest BCUT2D eigenvalue weighted by Gasteiger charge is 2.49. The zero-order valence-electron chi connectivity index (χ0n) is 10.8. The summed E-state index contributed by atoms with van der Waals surface area (Å²) in [5.41, 5.74) is 8.95. The zero-order valence-corrected chi connectivity index (χ0v) is 12.3. The Morgan fingerprint density at radius 1 is 1.39 bits per heavy atom. The molecule has 1 saturated carbocycles. The SMILES string of the molecule is CCc1c(C2(C(C)N)CC2)cc(Br)c2c1OCO2. The van der Waals surface area contributed by atoms with E-state index >= 15 is 0 Å². The van der Waals surface area contributed by atoms with Gasteiger partial charge >= 0.3 is 0 Å². The topological polar surface area (TPSA) is 44.5 Å². The normalized spacial score (nSPS) is 20.9. The summed E-state index contributed by atoms with van der Waals surface area (Å²) < 4.78 is 12.2. The van der Waals surface area contributed by atoms with Crippen molar-refractivity contribution in [3.05, 3.63) is 21.7 Å². The Morgan fingerprint density at radius 3 is 2.61 bits per heavy atom. The van der Waals surface area contributed by atoms with E-state index in [-0.39, 0.29) is 11.5 Å². The second-order valence-corrected chi connectivity index (χ2v) is 6.10. The van der Waals surface area contributed by atoms with Crippen LogP contribution in [0.15, 0.2) is 10.5 Å². The van der Waals surface area contributed by atoms with Gasteiger partial charge in [0.05, 0.1) is 4.47 Å². The molecule has 98 valence electrons. The first-order valence-corrected chi connectivity index (χ1v) is 7.26. The van der Waals surface area contributed by atoms with E-state index in [1.54, 1.807) is 0 Å². The highest BCUT2D eigenvalue weighted by Crippen LogP contribution is 2.56. The molecule has 3 rings (SSSR count). The lowest BCUT2D eigenvalue weighted by Gasteiger charge is -2.24. The minimum absolute atomic E-state index is 0.148. The van der Waals surface area contributed by atoms with Crippen LogP contribution >= 0.6 is 15.9 Å². The van der Waals surface area contributed by atoms with Crippen molar-refractivity contribution < 1.29 is 9.47 Å². The first-order valence-electron chi connectivity index (χ1n) is 6.47. The van der Waals surface area contributed by atoms with Gasteiger partial charge in [-0.05, 0) is 53.7 Å². The van der Waals surface area contributed by atoms with Crippen molar-refractivity contribution in [3.8, 4) is 11.5 Å². The molecule has 2 N–H and O–H groups in total. The van der Waals surface area contributed by atoms with Gasteiger partial charge in [0.25, 0.3) is 0 Å². The smallest absolute Gasteiger partial charge is 0.231 e. The number of halogens is 1. The number of nitrogens with two attached hydrogens (primary N) is 1. The summed E-state index contributed by atoms with van der Waals surface area (Å²) >= 11 is 3.59. The zero-order chi connectivity index (χ0) is 12.9. The maximum Gasteiger partial charge on any atom is 0.231 e. The minimum atomic E-state index is 0.148. The van der Waals surface area contributed by atoms with Crippen LogP contribution in [0.4, 0.5) is 0 Å². The van der Waals surface area contributed by atoms with Gasteiger partial charge in [-0.2, -0.15) is 0 Å². The van der Waals surface area contributed by atoms with Crippen LogP contribution in [-0.4, -0.2) is 12.8 Å². The third-order valence-electron chi connectivity index (χ3n) is 4.25. The fourth-order valence-electron chi connectivity index (χ4n) is 2.98. The van der Waals surface area contributed by atoms with E-state index < -0.39 is 0 Å². The molecule has 2 aliphatic rings. The van der Waals surface area contributed by atoms with Gasteiger partial charge in [-0.1, -0.05) is 6.92 Å². The molecule has 1 unspecified atom stereocenters. The van der Waals surface area contributed by atoms with Gasteiger partial charge in [0.1, 0.15) is 0 Å². The second kappa shape index (κ2) is 4.14. The monoisotopic (exact) mass is 311 g/mol. The van der Waals surface area contributed by atoms with Crippen molar-refractivity contribution in [3.63, 3.8) is 0 Å². The molecule has 0 bridgehead atoms. The first-order chi connectivity index (χ1) is 8.60. The Labute approximate surface area is 116 Å². The highest BCUT2D eigenvalue weighted by molar-refractivity contribution is 9.10. The lowest BCUT2D eigenvalue weighted by Crippen LogP contribution is -2.32. The Kier molecular flexibility index (Phi) is 2.83. The number of hydrogen-bond acceptors (Lipinski definition) is 3. The summed E-state index contributed by atoms with van der Waals surface area (Å²) in [5.74, 6) is 1.75. The maximum atomic E-state index is 6.20. The van der Waals surface area contributed by atoms with Crippen molar-refractivity contribution in [1.82, 2.24) is 0 Å². The van der Waals surface area contributed by atoms with E-state index in [2.05, 4.69) is 35.8 Å². The van der Waals surface area contributed by atoms with Crippen LogP contribution in [-0.2, 0) is 11.8 Å². The van der Waals surface area contributed by atoms with Crippen molar-refractivity contribution in [1.29, 1.82) is 0 Å². The van der Waals surface area contributed by atoms with Crippen molar-refractivity contribution in [2.75, 3.05) is 6.79 Å². The highest BCUT2D eigenvalue weighted by atomic mass is 79.9. The minimum Gasteiger partial charge on any atom is -0.453 e. The average Bonchev–Trinajstić information content (AvgIpc) is 3.01. The van der Waals surface area contributed by atoms with Crippen LogP contribution in [0.3, 0.4) is 0 Å². The summed E-state index contributed by atoms with van der Waals surface area (Å²) in [6.45, 7) is 4.58. The van der Waals surface area contributed by atoms with Crippen molar-refractivity contribution >= 4 is 15.9 Å². The van der Waals surface area contributed by atoms with Crippen molar-refractivity contribution in [2.24, 2.45) is 5.73 Å². The molecule has 0 radical (unpaired) electrons. The van der Waals surface area contributed by atoms with Crippen LogP contribution in [0.1, 0.15) is 37.8 Å². The molecule has 1 fully saturated rings. The first kappa shape index (κ1) is 12.3.